The number of fused-ring (bicyclic) bond motifs is 1. The standard InChI is InChI=1S/C14H17NO/c1-3-4-6-12-10(2)9-11-13(15-12)7-5-8-14(11)16/h5,7-10H,3-4,6H2,1-2H3/t10-/m1/s1. The van der Waals surface area contributed by atoms with Crippen LogP contribution in [0.1, 0.15) is 33.1 Å². The molecule has 0 N–H and O–H groups in total. The van der Waals surface area contributed by atoms with Crippen molar-refractivity contribution in [3.63, 3.8) is 0 Å². The molecule has 0 fully saturated rings. The number of nitrogens with zero attached hydrogens (tertiary/aromatic N) is 1. The van der Waals surface area contributed by atoms with Crippen molar-refractivity contribution in [2.45, 2.75) is 33.1 Å². The minimum Gasteiger partial charge on any atom is -0.289 e. The van der Waals surface area contributed by atoms with Crippen molar-refractivity contribution in [3.05, 3.63) is 35.6 Å². The smallest absolute Gasteiger partial charge is 0.187 e. The lowest BCUT2D eigenvalue weighted by atomic mass is 9.90. The second-order valence-electron chi connectivity index (χ2n) is 4.35. The van der Waals surface area contributed by atoms with Crippen molar-refractivity contribution in [1.29, 1.82) is 0 Å². The van der Waals surface area contributed by atoms with Crippen LogP contribution in [0.3, 0.4) is 0 Å². The molecule has 0 saturated heterocycles. The minimum atomic E-state index is 0.0858. The van der Waals surface area contributed by atoms with Crippen molar-refractivity contribution in [3.8, 4) is 0 Å². The molecule has 2 aliphatic rings. The maximum absolute atomic E-state index is 11.6. The van der Waals surface area contributed by atoms with Crippen LogP contribution in [0.4, 0.5) is 0 Å². The number of rotatable bonds is 3. The van der Waals surface area contributed by atoms with Gasteiger partial charge in [0, 0.05) is 17.2 Å². The molecule has 0 unspecified atom stereocenters. The van der Waals surface area contributed by atoms with Gasteiger partial charge in [-0.2, -0.15) is 0 Å². The minimum absolute atomic E-state index is 0.0858. The first-order valence-corrected chi connectivity index (χ1v) is 5.94. The quantitative estimate of drug-likeness (QED) is 0.710. The SMILES string of the molecule is CCCCC1=NC2=CC=CC(=O)C2=C[C@H]1C. The average molecular weight is 215 g/mol. The highest BCUT2D eigenvalue weighted by Crippen LogP contribution is 2.27. The molecule has 2 rings (SSSR count). The lowest BCUT2D eigenvalue weighted by Crippen LogP contribution is -2.18. The van der Waals surface area contributed by atoms with Crippen LogP contribution < -0.4 is 0 Å². The van der Waals surface area contributed by atoms with Crippen LogP contribution in [0, 0.1) is 5.92 Å². The molecule has 0 saturated carbocycles. The summed E-state index contributed by atoms with van der Waals surface area (Å²) in [5, 5.41) is 0. The number of carbonyl (C=O) groups is 1. The molecule has 84 valence electrons. The monoisotopic (exact) mass is 215 g/mol. The van der Waals surface area contributed by atoms with Crippen LogP contribution in [0.2, 0.25) is 0 Å². The maximum Gasteiger partial charge on any atom is 0.187 e. The predicted molar refractivity (Wildman–Crippen MR) is 66.4 cm³/mol. The summed E-state index contributed by atoms with van der Waals surface area (Å²) in [4.78, 5) is 16.2. The number of hydrogen-bond donors (Lipinski definition) is 0. The Hall–Kier alpha value is -1.44. The van der Waals surface area contributed by atoms with Crippen molar-refractivity contribution in [2.24, 2.45) is 10.9 Å². The molecule has 0 amide bonds. The number of unbranched alkanes of at least 4 members (excludes halogenated alkanes) is 1. The van der Waals surface area contributed by atoms with E-state index in [2.05, 4.69) is 24.9 Å². The fourth-order valence-electron chi connectivity index (χ4n) is 2.04. The Morgan fingerprint density at radius 2 is 2.25 bits per heavy atom. The molecule has 1 aliphatic heterocycles. The van der Waals surface area contributed by atoms with Crippen molar-refractivity contribution < 1.29 is 4.79 Å². The summed E-state index contributed by atoms with van der Waals surface area (Å²) in [7, 11) is 0. The van der Waals surface area contributed by atoms with E-state index >= 15 is 0 Å². The van der Waals surface area contributed by atoms with E-state index in [1.165, 1.54) is 18.6 Å². The molecule has 2 heteroatoms. The van der Waals surface area contributed by atoms with Gasteiger partial charge in [0.2, 0.25) is 0 Å². The first kappa shape index (κ1) is 11.1. The maximum atomic E-state index is 11.6. The Bertz CT molecular complexity index is 424. The lowest BCUT2D eigenvalue weighted by molar-refractivity contribution is -0.111. The predicted octanol–water partition coefficient (Wildman–Crippen LogP) is 3.22. The summed E-state index contributed by atoms with van der Waals surface area (Å²) in [5.41, 5.74) is 2.83. The summed E-state index contributed by atoms with van der Waals surface area (Å²) in [6.07, 6.45) is 10.8. The molecule has 0 spiro atoms. The highest BCUT2D eigenvalue weighted by molar-refractivity contribution is 6.10. The number of ketones is 1. The molecule has 1 heterocycles. The van der Waals surface area contributed by atoms with Crippen LogP contribution in [0.5, 0.6) is 0 Å². The van der Waals surface area contributed by atoms with Crippen LogP contribution >= 0.6 is 0 Å². The number of carbonyl (C=O) groups excluding carboxylic acids is 1. The lowest BCUT2D eigenvalue weighted by Gasteiger charge is -2.21. The van der Waals surface area contributed by atoms with E-state index in [-0.39, 0.29) is 5.78 Å². The van der Waals surface area contributed by atoms with E-state index in [9.17, 15) is 4.79 Å². The topological polar surface area (TPSA) is 29.4 Å². The van der Waals surface area contributed by atoms with E-state index in [4.69, 9.17) is 0 Å². The van der Waals surface area contributed by atoms with Crippen LogP contribution in [-0.4, -0.2) is 11.5 Å². The highest BCUT2D eigenvalue weighted by atomic mass is 16.1. The Morgan fingerprint density at radius 3 is 3.00 bits per heavy atom. The molecule has 0 aromatic carbocycles. The summed E-state index contributed by atoms with van der Waals surface area (Å²) >= 11 is 0. The summed E-state index contributed by atoms with van der Waals surface area (Å²) in [6.45, 7) is 4.30. The van der Waals surface area contributed by atoms with Gasteiger partial charge in [-0.25, -0.2) is 0 Å². The third-order valence-electron chi connectivity index (χ3n) is 3.04. The summed E-state index contributed by atoms with van der Waals surface area (Å²) in [5.74, 6) is 0.386. The van der Waals surface area contributed by atoms with Crippen molar-refractivity contribution in [1.82, 2.24) is 0 Å². The molecule has 1 aliphatic carbocycles. The van der Waals surface area contributed by atoms with E-state index in [0.29, 0.717) is 5.92 Å². The Kier molecular flexibility index (Phi) is 3.18. The number of dihydropyridines is 1. The third-order valence-corrected chi connectivity index (χ3v) is 3.04. The van der Waals surface area contributed by atoms with Crippen molar-refractivity contribution >= 4 is 11.5 Å². The molecular weight excluding hydrogens is 198 g/mol. The van der Waals surface area contributed by atoms with Crippen molar-refractivity contribution in [2.75, 3.05) is 0 Å². The van der Waals surface area contributed by atoms with Gasteiger partial charge >= 0.3 is 0 Å². The number of allylic oxidation sites excluding steroid dienone is 5. The van der Waals surface area contributed by atoms with Gasteiger partial charge in [-0.15, -0.1) is 0 Å². The first-order valence-electron chi connectivity index (χ1n) is 5.94. The van der Waals surface area contributed by atoms with Gasteiger partial charge in [-0.1, -0.05) is 32.4 Å². The molecule has 0 bridgehead atoms. The zero-order valence-electron chi connectivity index (χ0n) is 9.86. The fraction of sp³-hybridized carbons (Fsp3) is 0.429. The van der Waals surface area contributed by atoms with Gasteiger partial charge < -0.3 is 0 Å². The normalized spacial score (nSPS) is 23.5. The Morgan fingerprint density at radius 1 is 1.44 bits per heavy atom. The van der Waals surface area contributed by atoms with Crippen LogP contribution in [0.15, 0.2) is 40.6 Å². The second kappa shape index (κ2) is 4.60. The fourth-order valence-corrected chi connectivity index (χ4v) is 2.04. The molecule has 0 aromatic heterocycles. The van der Waals surface area contributed by atoms with Gasteiger partial charge in [0.25, 0.3) is 0 Å². The van der Waals surface area contributed by atoms with E-state index in [1.54, 1.807) is 12.2 Å². The zero-order valence-corrected chi connectivity index (χ0v) is 9.86. The first-order chi connectivity index (χ1) is 7.72. The largest absolute Gasteiger partial charge is 0.289 e. The molecule has 1 atom stereocenters. The van der Waals surface area contributed by atoms with Gasteiger partial charge in [0.15, 0.2) is 5.78 Å². The summed E-state index contributed by atoms with van der Waals surface area (Å²) < 4.78 is 0. The van der Waals surface area contributed by atoms with E-state index in [1.807, 2.05) is 6.08 Å². The molecule has 16 heavy (non-hydrogen) atoms. The number of aliphatic imine (C=N–C) groups is 1. The Labute approximate surface area is 96.5 Å². The van der Waals surface area contributed by atoms with E-state index < -0.39 is 0 Å². The van der Waals surface area contributed by atoms with E-state index in [0.717, 1.165) is 17.7 Å². The number of hydrogen-bond acceptors (Lipinski definition) is 2. The van der Waals surface area contributed by atoms with Gasteiger partial charge in [-0.05, 0) is 25.0 Å². The average Bonchev–Trinajstić information content (AvgIpc) is 2.28. The third kappa shape index (κ3) is 2.06. The van der Waals surface area contributed by atoms with Gasteiger partial charge in [-0.3, -0.25) is 9.79 Å². The molecular formula is C14H17NO. The van der Waals surface area contributed by atoms with Gasteiger partial charge in [0.05, 0.1) is 5.70 Å². The molecule has 0 radical (unpaired) electrons. The molecule has 2 nitrogen and oxygen atoms in total. The van der Waals surface area contributed by atoms with Gasteiger partial charge in [0.1, 0.15) is 0 Å². The Balaban J connectivity index is 2.24. The highest BCUT2D eigenvalue weighted by Gasteiger charge is 2.22. The molecule has 0 aromatic rings. The second-order valence-corrected chi connectivity index (χ2v) is 4.35. The zero-order chi connectivity index (χ0) is 11.5. The van der Waals surface area contributed by atoms with Crippen LogP contribution in [0.25, 0.3) is 0 Å². The summed E-state index contributed by atoms with van der Waals surface area (Å²) in [6, 6.07) is 0. The van der Waals surface area contributed by atoms with Crippen LogP contribution in [-0.2, 0) is 4.79 Å².